The molecule has 5 amide bonds. The van der Waals surface area contributed by atoms with E-state index < -0.39 is 51.1 Å². The fourth-order valence-electron chi connectivity index (χ4n) is 9.78. The molecule has 0 unspecified atom stereocenters. The quantitative estimate of drug-likeness (QED) is 0.0902. The second-order valence-corrected chi connectivity index (χ2v) is 24.9. The van der Waals surface area contributed by atoms with Crippen molar-refractivity contribution in [3.63, 3.8) is 0 Å². The summed E-state index contributed by atoms with van der Waals surface area (Å²) in [6.45, 7) is 20.1. The van der Waals surface area contributed by atoms with Crippen LogP contribution >= 0.6 is 11.6 Å². The van der Waals surface area contributed by atoms with E-state index in [9.17, 15) is 32.4 Å². The van der Waals surface area contributed by atoms with Crippen LogP contribution in [0.5, 0.6) is 0 Å². The number of ether oxygens (including phenoxy) is 3. The normalized spacial score (nSPS) is 20.7. The zero-order valence-electron chi connectivity index (χ0n) is 43.7. The van der Waals surface area contributed by atoms with Crippen LogP contribution in [0.15, 0.2) is 41.3 Å². The molecule has 4 N–H and O–H groups in total. The van der Waals surface area contributed by atoms with Crippen molar-refractivity contribution in [3.8, 4) is 0 Å². The van der Waals surface area contributed by atoms with Gasteiger partial charge in [-0.15, -0.1) is 0 Å². The first-order chi connectivity index (χ1) is 33.7. The number of hydrogen-bond donors (Lipinski definition) is 4. The van der Waals surface area contributed by atoms with Crippen LogP contribution in [-0.2, 0) is 39.2 Å². The third-order valence-electron chi connectivity index (χ3n) is 13.3. The summed E-state index contributed by atoms with van der Waals surface area (Å²) >= 11 is 6.72. The molecule has 4 aliphatic rings. The molecule has 0 radical (unpaired) electrons. The lowest BCUT2D eigenvalue weighted by Gasteiger charge is -2.37. The molecule has 2 saturated heterocycles. The summed E-state index contributed by atoms with van der Waals surface area (Å²) in [5.41, 5.74) is -0.189. The number of anilines is 2. The second-order valence-electron chi connectivity index (χ2n) is 22.5. The predicted molar refractivity (Wildman–Crippen MR) is 276 cm³/mol. The third-order valence-corrected chi connectivity index (χ3v) is 15.4. The Morgan fingerprint density at radius 1 is 0.750 bits per heavy atom. The van der Waals surface area contributed by atoms with Crippen molar-refractivity contribution in [2.45, 2.75) is 159 Å². The van der Waals surface area contributed by atoms with Crippen LogP contribution in [0.1, 0.15) is 126 Å². The van der Waals surface area contributed by atoms with Gasteiger partial charge in [-0.05, 0) is 167 Å². The summed E-state index contributed by atoms with van der Waals surface area (Å²) in [6, 6.07) is 10.1. The molecule has 2 aromatic rings. The van der Waals surface area contributed by atoms with Gasteiger partial charge in [0.2, 0.25) is 21.8 Å². The number of carbonyl (C=O) groups excluding carboxylic acids is 5. The van der Waals surface area contributed by atoms with E-state index >= 15 is 0 Å². The maximum atomic E-state index is 13.8. The maximum absolute atomic E-state index is 13.8. The van der Waals surface area contributed by atoms with Crippen molar-refractivity contribution in [2.75, 3.05) is 75.2 Å². The minimum absolute atomic E-state index is 0.00957. The molecule has 1 aromatic heterocycles. The zero-order valence-corrected chi connectivity index (χ0v) is 45.3. The minimum atomic E-state index is -3.83. The molecule has 19 nitrogen and oxygen atoms in total. The summed E-state index contributed by atoms with van der Waals surface area (Å²) in [6.07, 6.45) is 5.29. The van der Waals surface area contributed by atoms with Crippen LogP contribution in [0.2, 0.25) is 5.15 Å². The molecule has 21 heteroatoms. The minimum Gasteiger partial charge on any atom is -0.444 e. The standard InChI is InChI=1S/C51H78ClN9O10S/c1-48(2,3)69-45(64)53-22-25-58(26-23-54-46(65)70-49(4,5)6)24-10-11-43(62)55-37-14-12-35(13-15-37)51(20-21-51)36-31-41(52)57-42(32-36)59-27-29-60(30-28-59)72(67,68)40-18-16-39(17-19-40)61-34-38(33-44(61)63)56-47(66)71-50(7,8)9/h16-19,31-32,35,37-38H,10-15,20-30,33-34H2,1-9H3,(H,53,64)(H,54,65)(H,55,62)(H,56,66)/t35?,37?,38-/m1/s1. The molecule has 400 valence electrons. The van der Waals surface area contributed by atoms with E-state index in [0.29, 0.717) is 75.4 Å². The molecular formula is C51H78ClN9O10S. The Labute approximate surface area is 431 Å². The van der Waals surface area contributed by atoms with Gasteiger partial charge in [-0.1, -0.05) is 11.6 Å². The van der Waals surface area contributed by atoms with Gasteiger partial charge in [-0.3, -0.25) is 14.5 Å². The number of alkyl carbamates (subject to hydrolysis) is 3. The highest BCUT2D eigenvalue weighted by atomic mass is 35.5. The van der Waals surface area contributed by atoms with E-state index in [4.69, 9.17) is 30.8 Å². The lowest BCUT2D eigenvalue weighted by atomic mass is 9.73. The first-order valence-electron chi connectivity index (χ1n) is 25.5. The van der Waals surface area contributed by atoms with E-state index in [1.165, 1.54) is 21.3 Å². The van der Waals surface area contributed by atoms with E-state index in [1.54, 1.807) is 74.4 Å². The molecule has 3 heterocycles. The van der Waals surface area contributed by atoms with Crippen LogP contribution in [0.25, 0.3) is 0 Å². The smallest absolute Gasteiger partial charge is 0.407 e. The van der Waals surface area contributed by atoms with Gasteiger partial charge in [0, 0.05) is 83.5 Å². The molecule has 2 aliphatic heterocycles. The molecule has 4 fully saturated rings. The van der Waals surface area contributed by atoms with Crippen LogP contribution in [0, 0.1) is 5.92 Å². The highest BCUT2D eigenvalue weighted by molar-refractivity contribution is 7.89. The van der Waals surface area contributed by atoms with E-state index in [0.717, 1.165) is 49.9 Å². The second kappa shape index (κ2) is 23.5. The van der Waals surface area contributed by atoms with Crippen LogP contribution in [0.3, 0.4) is 0 Å². The number of hydrogen-bond acceptors (Lipinski definition) is 13. The molecule has 0 bridgehead atoms. The summed E-state index contributed by atoms with van der Waals surface area (Å²) in [7, 11) is -3.83. The summed E-state index contributed by atoms with van der Waals surface area (Å²) in [4.78, 5) is 73.4. The number of halogens is 1. The number of nitrogens with one attached hydrogen (secondary N) is 4. The van der Waals surface area contributed by atoms with Crippen molar-refractivity contribution in [1.82, 2.24) is 35.5 Å². The fourth-order valence-corrected chi connectivity index (χ4v) is 11.4. The van der Waals surface area contributed by atoms with Crippen molar-refractivity contribution in [2.24, 2.45) is 5.92 Å². The molecule has 72 heavy (non-hydrogen) atoms. The fraction of sp³-hybridized carbons (Fsp3) is 0.686. The number of sulfonamides is 1. The van der Waals surface area contributed by atoms with Gasteiger partial charge in [-0.2, -0.15) is 4.31 Å². The van der Waals surface area contributed by atoms with Gasteiger partial charge in [-0.25, -0.2) is 27.8 Å². The lowest BCUT2D eigenvalue weighted by Crippen LogP contribution is -2.49. The molecule has 6 rings (SSSR count). The third kappa shape index (κ3) is 16.5. The monoisotopic (exact) mass is 1040 g/mol. The maximum Gasteiger partial charge on any atom is 0.407 e. The Morgan fingerprint density at radius 2 is 1.31 bits per heavy atom. The first-order valence-corrected chi connectivity index (χ1v) is 27.3. The van der Waals surface area contributed by atoms with Crippen molar-refractivity contribution >= 4 is 63.2 Å². The van der Waals surface area contributed by atoms with Crippen LogP contribution in [-0.4, -0.2) is 147 Å². The molecule has 0 spiro atoms. The Balaban J connectivity index is 0.951. The summed E-state index contributed by atoms with van der Waals surface area (Å²) < 4.78 is 45.2. The van der Waals surface area contributed by atoms with E-state index in [1.807, 2.05) is 6.07 Å². The Hall–Kier alpha value is -4.92. The van der Waals surface area contributed by atoms with E-state index in [-0.39, 0.29) is 54.2 Å². The average molecular weight is 1040 g/mol. The number of nitrogens with zero attached hydrogens (tertiary/aromatic N) is 5. The number of amides is 5. The van der Waals surface area contributed by atoms with Crippen molar-refractivity contribution in [3.05, 3.63) is 47.1 Å². The first kappa shape index (κ1) is 56.4. The molecule has 2 saturated carbocycles. The molecule has 1 aromatic carbocycles. The number of piperazine rings is 1. The SMILES string of the molecule is CC(C)(C)OC(=O)NCCN(CCCC(=O)NC1CCC(C2(c3cc(Cl)nc(N4CCN(S(=O)(=O)c5ccc(N6C[C@H](NC(=O)OC(C)(C)C)CC6=O)cc5)CC4)c3)CC2)CC1)CCNC(=O)OC(C)(C)C. The average Bonchev–Trinajstić information content (AvgIpc) is 4.01. The summed E-state index contributed by atoms with van der Waals surface area (Å²) in [5.74, 6) is 0.999. The largest absolute Gasteiger partial charge is 0.444 e. The van der Waals surface area contributed by atoms with Gasteiger partial charge in [0.15, 0.2) is 0 Å². The number of carbonyl (C=O) groups is 5. The predicted octanol–water partition coefficient (Wildman–Crippen LogP) is 6.71. The van der Waals surface area contributed by atoms with Gasteiger partial charge in [0.25, 0.3) is 0 Å². The highest BCUT2D eigenvalue weighted by Gasteiger charge is 2.51. The van der Waals surface area contributed by atoms with Crippen molar-refractivity contribution in [1.29, 1.82) is 0 Å². The van der Waals surface area contributed by atoms with Gasteiger partial charge in [0.1, 0.15) is 27.8 Å². The topological polar surface area (TPSA) is 221 Å². The zero-order chi connectivity index (χ0) is 52.6. The molecular weight excluding hydrogens is 966 g/mol. The van der Waals surface area contributed by atoms with E-state index in [2.05, 4.69) is 37.1 Å². The van der Waals surface area contributed by atoms with Crippen LogP contribution < -0.4 is 31.1 Å². The lowest BCUT2D eigenvalue weighted by molar-refractivity contribution is -0.122. The number of rotatable bonds is 18. The molecule has 1 atom stereocenters. The Morgan fingerprint density at radius 3 is 1.85 bits per heavy atom. The van der Waals surface area contributed by atoms with Gasteiger partial charge in [0.05, 0.1) is 10.9 Å². The highest BCUT2D eigenvalue weighted by Crippen LogP contribution is 2.58. The van der Waals surface area contributed by atoms with Crippen molar-refractivity contribution < 1.29 is 46.6 Å². The Bertz CT molecular complexity index is 2300. The van der Waals surface area contributed by atoms with Crippen LogP contribution in [0.4, 0.5) is 25.9 Å². The number of pyridine rings is 1. The van der Waals surface area contributed by atoms with Gasteiger partial charge >= 0.3 is 18.3 Å². The van der Waals surface area contributed by atoms with Gasteiger partial charge < -0.3 is 45.3 Å². The summed E-state index contributed by atoms with van der Waals surface area (Å²) in [5, 5.41) is 12.0. The molecule has 2 aliphatic carbocycles. The number of benzene rings is 1. The number of aromatic nitrogens is 1. The Kier molecular flexibility index (Phi) is 18.4.